The first-order valence-corrected chi connectivity index (χ1v) is 7.74. The highest BCUT2D eigenvalue weighted by molar-refractivity contribution is 6.07. The van der Waals surface area contributed by atoms with Gasteiger partial charge in [0.05, 0.1) is 16.6 Å². The Hall–Kier alpha value is -3.19. The van der Waals surface area contributed by atoms with Gasteiger partial charge in [-0.2, -0.15) is 0 Å². The number of hydrogen-bond acceptors (Lipinski definition) is 4. The Balaban J connectivity index is 1.77. The molecule has 0 radical (unpaired) electrons. The summed E-state index contributed by atoms with van der Waals surface area (Å²) in [6, 6.07) is 11.7. The molecule has 3 aromatic rings. The highest BCUT2D eigenvalue weighted by Gasteiger charge is 2.17. The van der Waals surface area contributed by atoms with Gasteiger partial charge in [0.25, 0.3) is 11.6 Å². The molecule has 0 aliphatic heterocycles. The summed E-state index contributed by atoms with van der Waals surface area (Å²) in [5.74, 6) is -0.403. The Morgan fingerprint density at radius 3 is 2.80 bits per heavy atom. The first-order chi connectivity index (χ1) is 12.0. The van der Waals surface area contributed by atoms with Gasteiger partial charge in [0.1, 0.15) is 0 Å². The zero-order valence-electron chi connectivity index (χ0n) is 13.5. The third kappa shape index (κ3) is 3.36. The molecule has 3 rings (SSSR count). The summed E-state index contributed by atoms with van der Waals surface area (Å²) < 4.78 is 0. The second kappa shape index (κ2) is 6.74. The number of fused-ring (bicyclic) bond motifs is 1. The molecular formula is C18H17N3O4. The van der Waals surface area contributed by atoms with Gasteiger partial charge in [-0.25, -0.2) is 0 Å². The number of non-ortho nitro benzene ring substituents is 1. The van der Waals surface area contributed by atoms with Crippen LogP contribution in [0.2, 0.25) is 0 Å². The molecule has 0 fully saturated rings. The van der Waals surface area contributed by atoms with Gasteiger partial charge in [-0.15, -0.1) is 0 Å². The van der Waals surface area contributed by atoms with E-state index in [0.717, 1.165) is 11.1 Å². The van der Waals surface area contributed by atoms with Crippen LogP contribution in [0.4, 0.5) is 5.69 Å². The monoisotopic (exact) mass is 339 g/mol. The molecule has 1 heterocycles. The van der Waals surface area contributed by atoms with Crippen molar-refractivity contribution < 1.29 is 14.8 Å². The number of aromatic amines is 1. The van der Waals surface area contributed by atoms with E-state index < -0.39 is 16.9 Å². The second-order valence-electron chi connectivity index (χ2n) is 5.77. The predicted octanol–water partition coefficient (Wildman–Crippen LogP) is 2.85. The minimum Gasteiger partial charge on any atom is -0.387 e. The number of amides is 1. The van der Waals surface area contributed by atoms with Crippen LogP contribution in [-0.2, 0) is 0 Å². The number of carbonyl (C=O) groups is 1. The average Bonchev–Trinajstić information content (AvgIpc) is 3.03. The summed E-state index contributed by atoms with van der Waals surface area (Å²) in [7, 11) is 0. The van der Waals surface area contributed by atoms with Crippen LogP contribution in [0.1, 0.15) is 27.6 Å². The molecule has 2 aromatic carbocycles. The fraction of sp³-hybridized carbons (Fsp3) is 0.167. The van der Waals surface area contributed by atoms with Crippen molar-refractivity contribution in [3.63, 3.8) is 0 Å². The van der Waals surface area contributed by atoms with Crippen molar-refractivity contribution in [3.05, 3.63) is 75.5 Å². The molecule has 7 nitrogen and oxygen atoms in total. The van der Waals surface area contributed by atoms with Crippen molar-refractivity contribution in [2.75, 3.05) is 6.54 Å². The van der Waals surface area contributed by atoms with Gasteiger partial charge in [-0.1, -0.05) is 24.3 Å². The van der Waals surface area contributed by atoms with Gasteiger partial charge in [0.2, 0.25) is 0 Å². The van der Waals surface area contributed by atoms with Crippen LogP contribution in [0.25, 0.3) is 10.9 Å². The zero-order valence-corrected chi connectivity index (χ0v) is 13.5. The highest BCUT2D eigenvalue weighted by Crippen LogP contribution is 2.24. The molecule has 1 aromatic heterocycles. The molecule has 1 atom stereocenters. The van der Waals surface area contributed by atoms with Gasteiger partial charge >= 0.3 is 0 Å². The van der Waals surface area contributed by atoms with Gasteiger partial charge in [0.15, 0.2) is 0 Å². The maximum Gasteiger partial charge on any atom is 0.270 e. The molecule has 3 N–H and O–H groups in total. The SMILES string of the molecule is Cc1ccccc1C(O)CNC(=O)c1c[nH]c2ccc([N+](=O)[O-])cc12. The summed E-state index contributed by atoms with van der Waals surface area (Å²) in [5.41, 5.74) is 2.54. The van der Waals surface area contributed by atoms with E-state index in [1.54, 1.807) is 12.1 Å². The Kier molecular flexibility index (Phi) is 4.49. The summed E-state index contributed by atoms with van der Waals surface area (Å²) >= 11 is 0. The number of nitrogens with zero attached hydrogens (tertiary/aromatic N) is 1. The number of nitro benzene ring substituents is 1. The van der Waals surface area contributed by atoms with E-state index in [-0.39, 0.29) is 12.2 Å². The number of aliphatic hydroxyl groups excluding tert-OH is 1. The summed E-state index contributed by atoms with van der Waals surface area (Å²) in [6.07, 6.45) is 0.675. The molecule has 25 heavy (non-hydrogen) atoms. The normalized spacial score (nSPS) is 12.1. The lowest BCUT2D eigenvalue weighted by Crippen LogP contribution is -2.28. The van der Waals surface area contributed by atoms with Crippen LogP contribution < -0.4 is 5.32 Å². The number of aromatic nitrogens is 1. The zero-order chi connectivity index (χ0) is 18.0. The first kappa shape index (κ1) is 16.7. The number of benzene rings is 2. The van der Waals surface area contributed by atoms with Crippen molar-refractivity contribution in [2.24, 2.45) is 0 Å². The summed E-state index contributed by atoms with van der Waals surface area (Å²) in [6.45, 7) is 1.93. The van der Waals surface area contributed by atoms with E-state index in [9.17, 15) is 20.0 Å². The smallest absolute Gasteiger partial charge is 0.270 e. The van der Waals surface area contributed by atoms with Crippen molar-refractivity contribution in [3.8, 4) is 0 Å². The molecule has 0 bridgehead atoms. The van der Waals surface area contributed by atoms with Gasteiger partial charge in [0, 0.05) is 35.8 Å². The van der Waals surface area contributed by atoms with E-state index in [1.165, 1.54) is 18.3 Å². The van der Waals surface area contributed by atoms with Crippen LogP contribution in [0, 0.1) is 17.0 Å². The minimum atomic E-state index is -0.829. The number of hydrogen-bond donors (Lipinski definition) is 3. The van der Waals surface area contributed by atoms with Crippen molar-refractivity contribution in [1.82, 2.24) is 10.3 Å². The third-order valence-corrected chi connectivity index (χ3v) is 4.12. The van der Waals surface area contributed by atoms with Crippen molar-refractivity contribution in [2.45, 2.75) is 13.0 Å². The van der Waals surface area contributed by atoms with Crippen LogP contribution in [0.15, 0.2) is 48.7 Å². The number of aryl methyl sites for hydroxylation is 1. The van der Waals surface area contributed by atoms with Crippen LogP contribution in [0.3, 0.4) is 0 Å². The predicted molar refractivity (Wildman–Crippen MR) is 93.4 cm³/mol. The van der Waals surface area contributed by atoms with E-state index >= 15 is 0 Å². The quantitative estimate of drug-likeness (QED) is 0.490. The number of carbonyl (C=O) groups excluding carboxylic acids is 1. The van der Waals surface area contributed by atoms with Gasteiger partial charge in [-0.3, -0.25) is 14.9 Å². The Morgan fingerprint density at radius 2 is 2.08 bits per heavy atom. The molecule has 0 aliphatic rings. The summed E-state index contributed by atoms with van der Waals surface area (Å²) in [4.78, 5) is 25.7. The number of aliphatic hydroxyl groups is 1. The van der Waals surface area contributed by atoms with Crippen molar-refractivity contribution >= 4 is 22.5 Å². The third-order valence-electron chi connectivity index (χ3n) is 4.12. The maximum atomic E-state index is 12.4. The molecule has 0 spiro atoms. The minimum absolute atomic E-state index is 0.0469. The lowest BCUT2D eigenvalue weighted by molar-refractivity contribution is -0.384. The largest absolute Gasteiger partial charge is 0.387 e. The standard InChI is InChI=1S/C18H17N3O4/c1-11-4-2-3-5-13(11)17(22)10-20-18(23)15-9-19-16-7-6-12(21(24)25)8-14(15)16/h2-9,17,19,22H,10H2,1H3,(H,20,23). The summed E-state index contributed by atoms with van der Waals surface area (Å²) in [5, 5.41) is 24.3. The van der Waals surface area contributed by atoms with E-state index in [0.29, 0.717) is 16.5 Å². The van der Waals surface area contributed by atoms with E-state index in [1.807, 2.05) is 25.1 Å². The topological polar surface area (TPSA) is 108 Å². The maximum absolute atomic E-state index is 12.4. The molecule has 1 unspecified atom stereocenters. The Bertz CT molecular complexity index is 948. The number of rotatable bonds is 5. The second-order valence-corrected chi connectivity index (χ2v) is 5.77. The van der Waals surface area contributed by atoms with E-state index in [2.05, 4.69) is 10.3 Å². The molecule has 7 heteroatoms. The van der Waals surface area contributed by atoms with Crippen LogP contribution >= 0.6 is 0 Å². The molecule has 0 saturated heterocycles. The Morgan fingerprint density at radius 1 is 1.32 bits per heavy atom. The van der Waals surface area contributed by atoms with Gasteiger partial charge in [-0.05, 0) is 24.1 Å². The lowest BCUT2D eigenvalue weighted by Gasteiger charge is -2.14. The molecule has 128 valence electrons. The lowest BCUT2D eigenvalue weighted by atomic mass is 10.0. The highest BCUT2D eigenvalue weighted by atomic mass is 16.6. The fourth-order valence-corrected chi connectivity index (χ4v) is 2.77. The average molecular weight is 339 g/mol. The number of nitrogens with one attached hydrogen (secondary N) is 2. The van der Waals surface area contributed by atoms with Crippen LogP contribution in [-0.4, -0.2) is 27.5 Å². The first-order valence-electron chi connectivity index (χ1n) is 7.74. The number of H-pyrrole nitrogens is 1. The molecule has 1 amide bonds. The molecule has 0 aliphatic carbocycles. The van der Waals surface area contributed by atoms with E-state index in [4.69, 9.17) is 0 Å². The Labute approximate surface area is 143 Å². The van der Waals surface area contributed by atoms with Crippen molar-refractivity contribution in [1.29, 1.82) is 0 Å². The van der Waals surface area contributed by atoms with Gasteiger partial charge < -0.3 is 15.4 Å². The van der Waals surface area contributed by atoms with Crippen LogP contribution in [0.5, 0.6) is 0 Å². The molecule has 0 saturated carbocycles. The fourth-order valence-electron chi connectivity index (χ4n) is 2.77. The molecular weight excluding hydrogens is 322 g/mol. The number of nitro groups is 1.